The van der Waals surface area contributed by atoms with Gasteiger partial charge in [0.2, 0.25) is 0 Å². The van der Waals surface area contributed by atoms with Crippen LogP contribution in [0.3, 0.4) is 0 Å². The minimum Gasteiger partial charge on any atom is -0.384 e. The summed E-state index contributed by atoms with van der Waals surface area (Å²) in [4.78, 5) is 0. The Hall–Kier alpha value is -1.04. The van der Waals surface area contributed by atoms with Crippen molar-refractivity contribution in [1.29, 1.82) is 0 Å². The summed E-state index contributed by atoms with van der Waals surface area (Å²) in [7, 11) is 1.63. The molecule has 0 spiro atoms. The Morgan fingerprint density at radius 3 is 2.72 bits per heavy atom. The van der Waals surface area contributed by atoms with Gasteiger partial charge in [0, 0.05) is 19.8 Å². The lowest BCUT2D eigenvalue weighted by atomic mass is 9.97. The Morgan fingerprint density at radius 1 is 1.39 bits per heavy atom. The summed E-state index contributed by atoms with van der Waals surface area (Å²) in [5.41, 5.74) is 2.98. The number of nitrogens with one attached hydrogen (secondary N) is 1. The van der Waals surface area contributed by atoms with E-state index in [-0.39, 0.29) is 6.04 Å². The van der Waals surface area contributed by atoms with Crippen LogP contribution in [-0.2, 0) is 11.2 Å². The molecule has 0 heterocycles. The Labute approximate surface area is 106 Å². The molecule has 3 N–H and O–H groups in total. The summed E-state index contributed by atoms with van der Waals surface area (Å²) in [6, 6.07) is 3.35. The zero-order valence-corrected chi connectivity index (χ0v) is 10.7. The van der Waals surface area contributed by atoms with E-state index in [0.29, 0.717) is 24.5 Å². The number of hydrazine groups is 1. The second-order valence-electron chi connectivity index (χ2n) is 4.60. The van der Waals surface area contributed by atoms with E-state index in [1.807, 2.05) is 6.92 Å². The highest BCUT2D eigenvalue weighted by molar-refractivity contribution is 5.19. The molecule has 102 valence electrons. The molecule has 18 heavy (non-hydrogen) atoms. The molecule has 0 aliphatic rings. The van der Waals surface area contributed by atoms with Gasteiger partial charge in [0.1, 0.15) is 11.6 Å². The number of hydrogen-bond donors (Lipinski definition) is 2. The first kappa shape index (κ1) is 15.0. The Bertz CT molecular complexity index is 374. The number of ether oxygens (including phenoxy) is 1. The average Bonchev–Trinajstić information content (AvgIpc) is 2.33. The molecule has 0 aliphatic heterocycles. The fourth-order valence-electron chi connectivity index (χ4n) is 2.01. The van der Waals surface area contributed by atoms with Crippen molar-refractivity contribution >= 4 is 0 Å². The van der Waals surface area contributed by atoms with Crippen LogP contribution in [0, 0.1) is 17.6 Å². The molecule has 0 fully saturated rings. The van der Waals surface area contributed by atoms with Crippen LogP contribution in [0.15, 0.2) is 18.2 Å². The van der Waals surface area contributed by atoms with Gasteiger partial charge in [0.05, 0.1) is 0 Å². The molecule has 1 aromatic rings. The van der Waals surface area contributed by atoms with Gasteiger partial charge >= 0.3 is 0 Å². The molecule has 2 unspecified atom stereocenters. The average molecular weight is 258 g/mol. The summed E-state index contributed by atoms with van der Waals surface area (Å²) in [5.74, 6) is 4.90. The molecule has 1 rings (SSSR count). The highest BCUT2D eigenvalue weighted by Crippen LogP contribution is 2.15. The van der Waals surface area contributed by atoms with Gasteiger partial charge in [-0.05, 0) is 42.5 Å². The first-order valence-corrected chi connectivity index (χ1v) is 5.95. The standard InChI is InChI=1S/C13H20F2N2O/c1-9(8-18-2)5-12(17-16)7-10-6-11(14)3-4-13(10)15/h3-4,6,9,12,17H,5,7-8,16H2,1-2H3. The fourth-order valence-corrected chi connectivity index (χ4v) is 2.01. The van der Waals surface area contributed by atoms with Crippen molar-refractivity contribution in [1.82, 2.24) is 5.43 Å². The van der Waals surface area contributed by atoms with Gasteiger partial charge in [0.15, 0.2) is 0 Å². The van der Waals surface area contributed by atoms with Gasteiger partial charge in [0.25, 0.3) is 0 Å². The number of hydrogen-bond acceptors (Lipinski definition) is 3. The summed E-state index contributed by atoms with van der Waals surface area (Å²) in [6.07, 6.45) is 1.09. The van der Waals surface area contributed by atoms with Crippen LogP contribution < -0.4 is 11.3 Å². The van der Waals surface area contributed by atoms with E-state index >= 15 is 0 Å². The molecule has 5 heteroatoms. The van der Waals surface area contributed by atoms with Gasteiger partial charge in [-0.1, -0.05) is 6.92 Å². The highest BCUT2D eigenvalue weighted by Gasteiger charge is 2.15. The lowest BCUT2D eigenvalue weighted by molar-refractivity contribution is 0.149. The van der Waals surface area contributed by atoms with Crippen LogP contribution >= 0.6 is 0 Å². The second-order valence-corrected chi connectivity index (χ2v) is 4.60. The fraction of sp³-hybridized carbons (Fsp3) is 0.538. The van der Waals surface area contributed by atoms with Crippen molar-refractivity contribution in [3.05, 3.63) is 35.4 Å². The Kier molecular flexibility index (Phi) is 6.18. The maximum Gasteiger partial charge on any atom is 0.126 e. The van der Waals surface area contributed by atoms with E-state index in [4.69, 9.17) is 10.6 Å². The molecule has 0 aromatic heterocycles. The van der Waals surface area contributed by atoms with E-state index in [2.05, 4.69) is 5.43 Å². The molecular formula is C13H20F2N2O. The maximum absolute atomic E-state index is 13.5. The van der Waals surface area contributed by atoms with Gasteiger partial charge in [-0.3, -0.25) is 11.3 Å². The monoisotopic (exact) mass is 258 g/mol. The third-order valence-corrected chi connectivity index (χ3v) is 2.85. The first-order valence-electron chi connectivity index (χ1n) is 5.95. The van der Waals surface area contributed by atoms with Gasteiger partial charge in [-0.25, -0.2) is 8.78 Å². The van der Waals surface area contributed by atoms with Crippen LogP contribution in [0.2, 0.25) is 0 Å². The summed E-state index contributed by atoms with van der Waals surface area (Å²) < 4.78 is 31.6. The first-order chi connectivity index (χ1) is 8.56. The maximum atomic E-state index is 13.5. The third kappa shape index (κ3) is 4.68. The predicted octanol–water partition coefficient (Wildman–Crippen LogP) is 2.01. The van der Waals surface area contributed by atoms with Crippen molar-refractivity contribution in [2.75, 3.05) is 13.7 Å². The normalized spacial score (nSPS) is 14.5. The van der Waals surface area contributed by atoms with Gasteiger partial charge < -0.3 is 4.74 Å². The molecule has 0 amide bonds. The molecular weight excluding hydrogens is 238 g/mol. The lowest BCUT2D eigenvalue weighted by Crippen LogP contribution is -2.38. The molecule has 0 saturated heterocycles. The van der Waals surface area contributed by atoms with Crippen LogP contribution in [0.25, 0.3) is 0 Å². The molecule has 3 nitrogen and oxygen atoms in total. The molecule has 0 saturated carbocycles. The minimum absolute atomic E-state index is 0.105. The number of rotatable bonds is 7. The summed E-state index contributed by atoms with van der Waals surface area (Å²) in [6.45, 7) is 2.64. The molecule has 0 bridgehead atoms. The van der Waals surface area contributed by atoms with Gasteiger partial charge in [-0.15, -0.1) is 0 Å². The Morgan fingerprint density at radius 2 is 2.11 bits per heavy atom. The van der Waals surface area contributed by atoms with E-state index in [9.17, 15) is 8.78 Å². The lowest BCUT2D eigenvalue weighted by Gasteiger charge is -2.20. The smallest absolute Gasteiger partial charge is 0.126 e. The number of halogens is 2. The van der Waals surface area contributed by atoms with Crippen molar-refractivity contribution in [3.63, 3.8) is 0 Å². The predicted molar refractivity (Wildman–Crippen MR) is 66.8 cm³/mol. The largest absolute Gasteiger partial charge is 0.384 e. The molecule has 1 aromatic carbocycles. The number of nitrogens with two attached hydrogens (primary N) is 1. The molecule has 0 radical (unpaired) electrons. The topological polar surface area (TPSA) is 47.3 Å². The van der Waals surface area contributed by atoms with Crippen molar-refractivity contribution in [2.24, 2.45) is 11.8 Å². The van der Waals surface area contributed by atoms with Crippen LogP contribution in [0.5, 0.6) is 0 Å². The third-order valence-electron chi connectivity index (χ3n) is 2.85. The Balaban J connectivity index is 2.64. The second kappa shape index (κ2) is 7.41. The van der Waals surface area contributed by atoms with Crippen LogP contribution in [-0.4, -0.2) is 19.8 Å². The quantitative estimate of drug-likeness (QED) is 0.581. The number of benzene rings is 1. The zero-order valence-electron chi connectivity index (χ0n) is 10.7. The van der Waals surface area contributed by atoms with Crippen LogP contribution in [0.1, 0.15) is 18.9 Å². The van der Waals surface area contributed by atoms with Gasteiger partial charge in [-0.2, -0.15) is 0 Å². The van der Waals surface area contributed by atoms with Crippen LogP contribution in [0.4, 0.5) is 8.78 Å². The number of methoxy groups -OCH3 is 1. The van der Waals surface area contributed by atoms with Crippen molar-refractivity contribution in [2.45, 2.75) is 25.8 Å². The van der Waals surface area contributed by atoms with E-state index in [1.54, 1.807) is 7.11 Å². The summed E-state index contributed by atoms with van der Waals surface area (Å²) in [5, 5.41) is 0. The minimum atomic E-state index is -0.438. The van der Waals surface area contributed by atoms with Crippen molar-refractivity contribution < 1.29 is 13.5 Å². The van der Waals surface area contributed by atoms with E-state index in [0.717, 1.165) is 18.6 Å². The highest BCUT2D eigenvalue weighted by atomic mass is 19.1. The van der Waals surface area contributed by atoms with E-state index in [1.165, 1.54) is 6.07 Å². The van der Waals surface area contributed by atoms with Crippen molar-refractivity contribution in [3.8, 4) is 0 Å². The zero-order chi connectivity index (χ0) is 13.5. The summed E-state index contributed by atoms with van der Waals surface area (Å²) >= 11 is 0. The molecule has 0 aliphatic carbocycles. The van der Waals surface area contributed by atoms with E-state index < -0.39 is 11.6 Å². The SMILES string of the molecule is COCC(C)CC(Cc1cc(F)ccc1F)NN. The molecule has 2 atom stereocenters.